The van der Waals surface area contributed by atoms with Crippen LogP contribution in [0.4, 0.5) is 0 Å². The van der Waals surface area contributed by atoms with Crippen LogP contribution in [0.15, 0.2) is 90.3 Å². The van der Waals surface area contributed by atoms with Crippen molar-refractivity contribution in [3.8, 4) is 0 Å². The van der Waals surface area contributed by atoms with Gasteiger partial charge in [-0.25, -0.2) is 72.6 Å². The summed E-state index contributed by atoms with van der Waals surface area (Å²) in [5.41, 5.74) is 0. The van der Waals surface area contributed by atoms with Crippen molar-refractivity contribution < 1.29 is 397 Å². The maximum absolute atomic E-state index is 3.70. The van der Waals surface area contributed by atoms with Crippen LogP contribution in [0, 0.1) is 80.7 Å². The Balaban J connectivity index is -0.0000000266. The Morgan fingerprint density at radius 3 is 0.509 bits per heavy atom. The molecular formula is C35H29S7W8Y7-4. The van der Waals surface area contributed by atoms with Gasteiger partial charge >= 0.3 is 98.1 Å². The zero-order valence-corrected chi connectivity index (χ0v) is 79.3. The van der Waals surface area contributed by atoms with Gasteiger partial charge in [0.05, 0.1) is 0 Å². The van der Waals surface area contributed by atoms with E-state index in [2.05, 4.69) is 80.7 Å². The molecule has 0 aliphatic heterocycles. The second-order valence-corrected chi connectivity index (χ2v) is 14.0. The minimum atomic E-state index is 0. The van der Waals surface area contributed by atoms with Gasteiger partial charge in [0.25, 0.3) is 0 Å². The number of hydrogen-bond donors (Lipinski definition) is 0. The second kappa shape index (κ2) is 80.3. The number of thiophene rings is 7. The molecule has 0 N–H and O–H groups in total. The summed E-state index contributed by atoms with van der Waals surface area (Å²) in [6.45, 7) is 25.7. The van der Waals surface area contributed by atoms with E-state index in [0.717, 1.165) is 34.1 Å². The van der Waals surface area contributed by atoms with Gasteiger partial charge in [0.1, 0.15) is 0 Å². The van der Waals surface area contributed by atoms with Gasteiger partial charge in [-0.3, -0.25) is 41.5 Å². The monoisotopic (exact) mass is 2770 g/mol. The van der Waals surface area contributed by atoms with E-state index in [1.54, 1.807) is 79.4 Å². The first kappa shape index (κ1) is 108. The van der Waals surface area contributed by atoms with Crippen molar-refractivity contribution in [3.63, 3.8) is 0 Å². The minimum absolute atomic E-state index is 0. The molecule has 0 amide bonds. The molecule has 284 valence electrons. The molecule has 57 heavy (non-hydrogen) atoms. The van der Waals surface area contributed by atoms with Crippen molar-refractivity contribution in [1.82, 2.24) is 0 Å². The molecule has 0 aromatic carbocycles. The molecule has 0 saturated carbocycles. The van der Waals surface area contributed by atoms with Crippen LogP contribution in [0.3, 0.4) is 0 Å². The summed E-state index contributed by atoms with van der Waals surface area (Å²) in [5.74, 6) is 0. The topological polar surface area (TPSA) is 0 Å². The predicted molar refractivity (Wildman–Crippen MR) is 194 cm³/mol. The van der Waals surface area contributed by atoms with Crippen LogP contribution in [0.25, 0.3) is 0 Å². The van der Waals surface area contributed by atoms with Crippen LogP contribution >= 0.6 is 79.4 Å². The van der Waals surface area contributed by atoms with Crippen LogP contribution in [-0.4, -0.2) is 0 Å². The molecule has 7 aromatic rings. The molecule has 0 aliphatic rings. The van der Waals surface area contributed by atoms with Gasteiger partial charge in [0, 0.05) is 299 Å². The molecule has 0 atom stereocenters. The maximum Gasteiger partial charge on any atom is 3.00 e. The molecule has 22 heteroatoms. The average Bonchev–Trinajstić information content (AvgIpc) is 3.79. The van der Waals surface area contributed by atoms with Crippen LogP contribution in [0.5, 0.6) is 0 Å². The van der Waals surface area contributed by atoms with E-state index in [1.807, 2.05) is 90.3 Å². The first-order valence-electron chi connectivity index (χ1n) is 11.8. The zero-order chi connectivity index (χ0) is 30.8. The molecule has 7 aromatic heterocycles. The fourth-order valence-corrected chi connectivity index (χ4v) is 4.97. The summed E-state index contributed by atoms with van der Waals surface area (Å²) >= 11 is 10.9. The first-order valence-corrected chi connectivity index (χ1v) is 17.6. The molecule has 0 saturated heterocycles. The molecule has 0 unspecified atom stereocenters. The van der Waals surface area contributed by atoms with Crippen LogP contribution in [0.2, 0.25) is 0 Å². The Labute approximate surface area is 665 Å². The van der Waals surface area contributed by atoms with Crippen molar-refractivity contribution in [3.05, 3.63) is 205 Å². The molecular weight excluding hydrogens is 2740 g/mol. The standard InChI is InChI=1S/C5H5S.6C5H4S.8W.7Y/c7*1-5-3-2-4-6-5;;;;;;;;;;;;;;;/h2-4H,1H2;6*2-3H,1H2;;;;;;;;;;;;;;;/q-1;6*-2;;;;;;;;;;;;;3*+3. The van der Waals surface area contributed by atoms with Gasteiger partial charge in [0.15, 0.2) is 0 Å². The van der Waals surface area contributed by atoms with E-state index in [0.29, 0.717) is 0 Å². The van der Waals surface area contributed by atoms with Crippen LogP contribution < -0.4 is 0 Å². The van der Waals surface area contributed by atoms with Gasteiger partial charge in [-0.05, 0) is 5.38 Å². The van der Waals surface area contributed by atoms with Gasteiger partial charge < -0.3 is 68.0 Å². The fraction of sp³-hybridized carbons (Fsp3) is 0. The summed E-state index contributed by atoms with van der Waals surface area (Å²) in [6.07, 6.45) is 0. The molecule has 0 spiro atoms. The molecule has 0 bridgehead atoms. The summed E-state index contributed by atoms with van der Waals surface area (Å²) in [7, 11) is 0. The number of hydrogen-bond acceptors (Lipinski definition) is 7. The van der Waals surface area contributed by atoms with E-state index in [9.17, 15) is 0 Å². The third kappa shape index (κ3) is 77.9. The van der Waals surface area contributed by atoms with Crippen molar-refractivity contribution in [2.24, 2.45) is 0 Å². The average molecular weight is 2770 g/mol. The summed E-state index contributed by atoms with van der Waals surface area (Å²) in [6, 6.07) is 26.8. The van der Waals surface area contributed by atoms with Gasteiger partial charge in [-0.2, -0.15) is 53.8 Å². The molecule has 0 aliphatic carbocycles. The zero-order valence-electron chi connectivity index (χ0n) is 30.3. The Hall–Kier alpha value is 10.2. The maximum atomic E-state index is 3.70. The summed E-state index contributed by atoms with van der Waals surface area (Å²) in [5, 5.41) is 19.5. The number of rotatable bonds is 0. The fourth-order valence-electron chi connectivity index (χ4n) is 1.94. The Bertz CT molecular complexity index is 1130. The van der Waals surface area contributed by atoms with Crippen molar-refractivity contribution in [1.29, 1.82) is 0 Å². The molecule has 7 heterocycles. The van der Waals surface area contributed by atoms with E-state index < -0.39 is 0 Å². The van der Waals surface area contributed by atoms with E-state index >= 15 is 0 Å². The van der Waals surface area contributed by atoms with E-state index in [4.69, 9.17) is 0 Å². The Morgan fingerprint density at radius 1 is 0.298 bits per heavy atom. The van der Waals surface area contributed by atoms with Gasteiger partial charge in [0.2, 0.25) is 0 Å². The van der Waals surface area contributed by atoms with E-state index in [1.165, 1.54) is 0 Å². The molecule has 7 rings (SSSR count). The van der Waals surface area contributed by atoms with Crippen molar-refractivity contribution >= 4 is 79.4 Å². The Kier molecular flexibility index (Phi) is 152. The largest absolute Gasteiger partial charge is 3.00 e. The third-order valence-electron chi connectivity index (χ3n) is 3.74. The summed E-state index contributed by atoms with van der Waals surface area (Å²) in [4.78, 5) is 7.61. The van der Waals surface area contributed by atoms with Crippen LogP contribution in [-0.2, 0) is 397 Å². The van der Waals surface area contributed by atoms with E-state index in [-0.39, 0.29) is 397 Å². The third-order valence-corrected chi connectivity index (χ3v) is 8.39. The molecule has 4 radical (unpaired) electrons. The quantitative estimate of drug-likeness (QED) is 0.133. The molecule has 0 fully saturated rings. The van der Waals surface area contributed by atoms with Gasteiger partial charge in [-0.15, -0.1) is 43.2 Å². The van der Waals surface area contributed by atoms with Gasteiger partial charge in [-0.1, -0.05) is 0 Å². The Morgan fingerprint density at radius 2 is 0.474 bits per heavy atom. The second-order valence-electron chi connectivity index (χ2n) is 7.20. The van der Waals surface area contributed by atoms with Crippen molar-refractivity contribution in [2.45, 2.75) is 0 Å². The first-order chi connectivity index (χ1) is 20.3. The van der Waals surface area contributed by atoms with Crippen LogP contribution in [0.1, 0.15) is 34.1 Å². The smallest absolute Gasteiger partial charge is 0.316 e. The normalized spacial score (nSPS) is 6.39. The predicted octanol–water partition coefficient (Wildman–Crippen LogP) is 12.3. The molecule has 0 nitrogen and oxygen atoms in total. The SMILES string of the molecule is [CH2-]c1cc[c-]s1.[CH2-]c1cc[c-]s1.[CH2-]c1cc[c-]s1.[CH2-]c1cc[c-]s1.[CH2-]c1cc[c-]s1.[CH2-]c1cc[c-]s1.[CH2-]c1cccs1.[W].[W].[W].[W].[W].[W].[W].[W].[Y+3].[Y+3].[Y+3].[Y].[Y].[Y].[Y]. The van der Waals surface area contributed by atoms with Crippen molar-refractivity contribution in [2.75, 3.05) is 0 Å². The minimum Gasteiger partial charge on any atom is -0.316 e. The summed E-state index contributed by atoms with van der Waals surface area (Å²) < 4.78 is 0.